The van der Waals surface area contributed by atoms with Crippen LogP contribution in [0.2, 0.25) is 5.02 Å². The lowest BCUT2D eigenvalue weighted by atomic mass is 10.2. The molecule has 0 atom stereocenters. The van der Waals surface area contributed by atoms with E-state index in [9.17, 15) is 4.79 Å². The summed E-state index contributed by atoms with van der Waals surface area (Å²) in [4.78, 5) is 18.0. The van der Waals surface area contributed by atoms with Crippen LogP contribution >= 0.6 is 23.4 Å². The van der Waals surface area contributed by atoms with E-state index in [1.54, 1.807) is 0 Å². The van der Waals surface area contributed by atoms with E-state index in [4.69, 9.17) is 11.6 Å². The summed E-state index contributed by atoms with van der Waals surface area (Å²) in [5.41, 5.74) is 1.97. The van der Waals surface area contributed by atoms with E-state index < -0.39 is 0 Å². The average Bonchev–Trinajstić information content (AvgIpc) is 3.23. The third kappa shape index (κ3) is 4.95. The molecule has 2 fully saturated rings. The van der Waals surface area contributed by atoms with E-state index in [2.05, 4.69) is 28.4 Å². The zero-order valence-corrected chi connectivity index (χ0v) is 17.5. The fourth-order valence-electron chi connectivity index (χ4n) is 3.86. The van der Waals surface area contributed by atoms with Crippen molar-refractivity contribution in [2.45, 2.75) is 35.8 Å². The number of halogens is 1. The summed E-state index contributed by atoms with van der Waals surface area (Å²) in [5, 5.41) is 4.54. The highest BCUT2D eigenvalue weighted by Crippen LogP contribution is 2.35. The van der Waals surface area contributed by atoms with Gasteiger partial charge in [0.1, 0.15) is 0 Å². The van der Waals surface area contributed by atoms with Crippen molar-refractivity contribution in [2.75, 3.05) is 36.4 Å². The molecule has 2 aliphatic rings. The number of rotatable bonds is 4. The molecule has 1 saturated heterocycles. The van der Waals surface area contributed by atoms with Gasteiger partial charge in [-0.1, -0.05) is 30.5 Å². The summed E-state index contributed by atoms with van der Waals surface area (Å²) < 4.78 is 0. The van der Waals surface area contributed by atoms with E-state index in [0.29, 0.717) is 13.1 Å². The van der Waals surface area contributed by atoms with Crippen molar-refractivity contribution >= 4 is 40.8 Å². The highest BCUT2D eigenvalue weighted by atomic mass is 35.5. The first-order valence-corrected chi connectivity index (χ1v) is 11.3. The van der Waals surface area contributed by atoms with Crippen LogP contribution in [0.3, 0.4) is 0 Å². The van der Waals surface area contributed by atoms with Crippen LogP contribution in [0.5, 0.6) is 0 Å². The Morgan fingerprint density at radius 2 is 1.71 bits per heavy atom. The topological polar surface area (TPSA) is 35.6 Å². The molecule has 0 spiro atoms. The smallest absolute Gasteiger partial charge is 0.321 e. The molecule has 0 unspecified atom stereocenters. The Bertz CT molecular complexity index is 800. The van der Waals surface area contributed by atoms with E-state index in [-0.39, 0.29) is 6.03 Å². The van der Waals surface area contributed by atoms with Gasteiger partial charge in [-0.25, -0.2) is 4.79 Å². The van der Waals surface area contributed by atoms with Gasteiger partial charge in [0.25, 0.3) is 0 Å². The maximum absolute atomic E-state index is 12.6. The minimum absolute atomic E-state index is 0.0260. The molecule has 148 valence electrons. The molecule has 2 aromatic carbocycles. The Balaban J connectivity index is 1.27. The highest BCUT2D eigenvalue weighted by molar-refractivity contribution is 8.00. The van der Waals surface area contributed by atoms with E-state index in [1.165, 1.54) is 30.6 Å². The van der Waals surface area contributed by atoms with Crippen LogP contribution < -0.4 is 10.2 Å². The Morgan fingerprint density at radius 3 is 2.39 bits per heavy atom. The first-order valence-electron chi connectivity index (χ1n) is 10.0. The number of hydrogen-bond acceptors (Lipinski definition) is 3. The molecule has 1 aliphatic carbocycles. The van der Waals surface area contributed by atoms with Crippen LogP contribution in [0.15, 0.2) is 53.4 Å². The monoisotopic (exact) mass is 415 g/mol. The van der Waals surface area contributed by atoms with Gasteiger partial charge in [-0.3, -0.25) is 0 Å². The summed E-state index contributed by atoms with van der Waals surface area (Å²) in [6, 6.07) is 16.1. The van der Waals surface area contributed by atoms with Gasteiger partial charge in [-0.15, -0.1) is 11.8 Å². The molecule has 1 N–H and O–H groups in total. The molecule has 6 heteroatoms. The van der Waals surface area contributed by atoms with Gasteiger partial charge in [-0.05, 0) is 55.3 Å². The lowest BCUT2D eigenvalue weighted by molar-refractivity contribution is 0.208. The molecule has 1 aliphatic heterocycles. The molecule has 28 heavy (non-hydrogen) atoms. The van der Waals surface area contributed by atoms with Gasteiger partial charge in [0.2, 0.25) is 0 Å². The van der Waals surface area contributed by atoms with Gasteiger partial charge < -0.3 is 15.1 Å². The molecule has 2 aromatic rings. The molecule has 0 radical (unpaired) electrons. The number of carbonyl (C=O) groups excluding carboxylic acids is 1. The standard InChI is InChI=1S/C22H26ClN3OS/c23-17-4-3-5-19(16-17)25-12-14-26(15-13-25)22(27)24-18-8-10-21(11-9-18)28-20-6-1-2-7-20/h3-5,8-11,16,20H,1-2,6-7,12-15H2,(H,24,27). The zero-order chi connectivity index (χ0) is 19.3. The van der Waals surface area contributed by atoms with Crippen molar-refractivity contribution in [3.05, 3.63) is 53.6 Å². The van der Waals surface area contributed by atoms with Crippen LogP contribution in [0.4, 0.5) is 16.2 Å². The highest BCUT2D eigenvalue weighted by Gasteiger charge is 2.21. The summed E-state index contributed by atoms with van der Waals surface area (Å²) in [7, 11) is 0. The number of amides is 2. The largest absolute Gasteiger partial charge is 0.368 e. The van der Waals surface area contributed by atoms with Crippen molar-refractivity contribution in [3.8, 4) is 0 Å². The SMILES string of the molecule is O=C(Nc1ccc(SC2CCCC2)cc1)N1CCN(c2cccc(Cl)c2)CC1. The fraction of sp³-hybridized carbons (Fsp3) is 0.409. The second kappa shape index (κ2) is 9.10. The molecule has 4 nitrogen and oxygen atoms in total. The number of benzene rings is 2. The van der Waals surface area contributed by atoms with E-state index in [0.717, 1.165) is 34.7 Å². The molecule has 2 amide bonds. The van der Waals surface area contributed by atoms with E-state index in [1.807, 2.05) is 47.0 Å². The number of urea groups is 1. The maximum Gasteiger partial charge on any atom is 0.321 e. The van der Waals surface area contributed by atoms with Crippen molar-refractivity contribution < 1.29 is 4.79 Å². The van der Waals surface area contributed by atoms with Crippen LogP contribution in [0, 0.1) is 0 Å². The fourth-order valence-corrected chi connectivity index (χ4v) is 5.29. The zero-order valence-electron chi connectivity index (χ0n) is 15.9. The molecule has 0 aromatic heterocycles. The number of anilines is 2. The quantitative estimate of drug-likeness (QED) is 0.692. The van der Waals surface area contributed by atoms with Crippen molar-refractivity contribution in [1.29, 1.82) is 0 Å². The number of piperazine rings is 1. The molecular formula is C22H26ClN3OS. The Morgan fingerprint density at radius 1 is 1.00 bits per heavy atom. The maximum atomic E-state index is 12.6. The van der Waals surface area contributed by atoms with Crippen molar-refractivity contribution in [3.63, 3.8) is 0 Å². The van der Waals surface area contributed by atoms with Gasteiger partial charge in [0, 0.05) is 52.7 Å². The summed E-state index contributed by atoms with van der Waals surface area (Å²) in [5.74, 6) is 0. The third-order valence-corrected chi connectivity index (χ3v) is 7.03. The van der Waals surface area contributed by atoms with Crippen LogP contribution in [-0.4, -0.2) is 42.4 Å². The number of nitrogens with one attached hydrogen (secondary N) is 1. The van der Waals surface area contributed by atoms with Crippen LogP contribution in [0.1, 0.15) is 25.7 Å². The number of nitrogens with zero attached hydrogens (tertiary/aromatic N) is 2. The lowest BCUT2D eigenvalue weighted by Crippen LogP contribution is -2.50. The second-order valence-electron chi connectivity index (χ2n) is 7.43. The third-order valence-electron chi connectivity index (χ3n) is 5.45. The van der Waals surface area contributed by atoms with Gasteiger partial charge in [0.15, 0.2) is 0 Å². The predicted molar refractivity (Wildman–Crippen MR) is 119 cm³/mol. The normalized spacial score (nSPS) is 17.8. The average molecular weight is 416 g/mol. The van der Waals surface area contributed by atoms with E-state index >= 15 is 0 Å². The summed E-state index contributed by atoms with van der Waals surface area (Å²) >= 11 is 8.06. The minimum atomic E-state index is -0.0260. The lowest BCUT2D eigenvalue weighted by Gasteiger charge is -2.36. The molecule has 0 bridgehead atoms. The molecule has 4 rings (SSSR count). The molecule has 1 heterocycles. The van der Waals surface area contributed by atoms with Crippen molar-refractivity contribution in [2.24, 2.45) is 0 Å². The number of thioether (sulfide) groups is 1. The Hall–Kier alpha value is -1.85. The Kier molecular flexibility index (Phi) is 6.33. The van der Waals surface area contributed by atoms with Gasteiger partial charge >= 0.3 is 6.03 Å². The van der Waals surface area contributed by atoms with Crippen molar-refractivity contribution in [1.82, 2.24) is 4.90 Å². The van der Waals surface area contributed by atoms with Gasteiger partial charge in [-0.2, -0.15) is 0 Å². The Labute approximate surface area is 176 Å². The first kappa shape index (κ1) is 19.5. The summed E-state index contributed by atoms with van der Waals surface area (Å²) in [6.45, 7) is 3.03. The van der Waals surface area contributed by atoms with Crippen LogP contribution in [-0.2, 0) is 0 Å². The molecule has 1 saturated carbocycles. The number of carbonyl (C=O) groups is 1. The summed E-state index contributed by atoms with van der Waals surface area (Å²) in [6.07, 6.45) is 5.36. The predicted octanol–water partition coefficient (Wildman–Crippen LogP) is 5.73. The number of hydrogen-bond donors (Lipinski definition) is 1. The molecular weight excluding hydrogens is 390 g/mol. The van der Waals surface area contributed by atoms with Gasteiger partial charge in [0.05, 0.1) is 0 Å². The first-order chi connectivity index (χ1) is 13.7. The van der Waals surface area contributed by atoms with Crippen LogP contribution in [0.25, 0.3) is 0 Å². The second-order valence-corrected chi connectivity index (χ2v) is 9.24. The minimum Gasteiger partial charge on any atom is -0.368 e.